The van der Waals surface area contributed by atoms with E-state index in [-0.39, 0.29) is 19.5 Å². The van der Waals surface area contributed by atoms with Crippen molar-refractivity contribution in [1.29, 1.82) is 0 Å². The number of allylic oxidation sites excluding steroid dienone is 8. The fraction of sp³-hybridized carbons (Fsp3) is 0.467. The van der Waals surface area contributed by atoms with Crippen LogP contribution in [-0.2, 0) is 19.5 Å². The van der Waals surface area contributed by atoms with Crippen LogP contribution < -0.4 is 55.9 Å². The van der Waals surface area contributed by atoms with E-state index < -0.39 is 30.7 Å². The molecule has 0 aliphatic heterocycles. The van der Waals surface area contributed by atoms with Crippen LogP contribution in [0.3, 0.4) is 0 Å². The topological polar surface area (TPSA) is 277 Å². The van der Waals surface area contributed by atoms with Crippen molar-refractivity contribution in [3.05, 3.63) is 48.6 Å². The first-order valence-electron chi connectivity index (χ1n) is 7.97. The standard InChI is InChI=1S/C8H12.C7H8.3ClHO4.Rh/c1-2-4-6-8-7-5-3-1;1-2-7-4-3-6(1)5-7;3*2-1(3,4)5;/h1-2,7-8H,3-6H2;1-4,6-7H,5H2;3*(H,2,3,4,5);/q;;;;;+3/p-3/b2-1-,8-7-;;;;;. The van der Waals surface area contributed by atoms with Crippen LogP contribution in [0.15, 0.2) is 48.6 Å². The summed E-state index contributed by atoms with van der Waals surface area (Å²) in [6.45, 7) is 0. The van der Waals surface area contributed by atoms with Crippen molar-refractivity contribution < 1.29 is 106 Å². The van der Waals surface area contributed by atoms with E-state index in [1.807, 2.05) is 0 Å². The van der Waals surface area contributed by atoms with E-state index in [2.05, 4.69) is 48.6 Å². The Morgan fingerprint density at radius 1 is 0.419 bits per heavy atom. The summed E-state index contributed by atoms with van der Waals surface area (Å²) in [6.07, 6.45) is 24.5. The summed E-state index contributed by atoms with van der Waals surface area (Å²) in [5.41, 5.74) is 0. The van der Waals surface area contributed by atoms with E-state index in [4.69, 9.17) is 55.9 Å². The summed E-state index contributed by atoms with van der Waals surface area (Å²) in [6, 6.07) is 0. The van der Waals surface area contributed by atoms with Gasteiger partial charge in [0, 0.05) is 0 Å². The Morgan fingerprint density at radius 2 is 0.581 bits per heavy atom. The van der Waals surface area contributed by atoms with Crippen LogP contribution in [0.2, 0.25) is 0 Å². The Labute approximate surface area is 198 Å². The molecule has 0 N–H and O–H groups in total. The van der Waals surface area contributed by atoms with E-state index in [0.717, 1.165) is 11.8 Å². The second-order valence-corrected chi connectivity index (χ2v) is 7.83. The van der Waals surface area contributed by atoms with E-state index in [0.29, 0.717) is 0 Å². The first kappa shape index (κ1) is 35.6. The van der Waals surface area contributed by atoms with Crippen LogP contribution in [0, 0.1) is 42.6 Å². The Morgan fingerprint density at radius 3 is 0.677 bits per heavy atom. The van der Waals surface area contributed by atoms with Crippen LogP contribution in [0.1, 0.15) is 32.1 Å². The summed E-state index contributed by atoms with van der Waals surface area (Å²) in [7, 11) is -14.8. The van der Waals surface area contributed by atoms with Gasteiger partial charge < -0.3 is 0 Å². The summed E-state index contributed by atoms with van der Waals surface area (Å²) in [4.78, 5) is 0. The molecule has 3 aliphatic rings. The molecular weight excluding hydrogens is 581 g/mol. The van der Waals surface area contributed by atoms with Gasteiger partial charge in [-0.25, -0.2) is 55.9 Å². The van der Waals surface area contributed by atoms with Crippen molar-refractivity contribution in [3.8, 4) is 0 Å². The molecule has 0 saturated carbocycles. The number of hydrogen-bond acceptors (Lipinski definition) is 12. The SMILES string of the molecule is C1=CC2C=CC1C2.C1=C\CC/C=C\CC/1.[O-][Cl+3]([O-])([O-])[O-].[O-][Cl+3]([O-])([O-])[O-].[O-][Cl+3]([O-])([O-])[O-].[Rh+3]. The van der Waals surface area contributed by atoms with E-state index in [9.17, 15) is 0 Å². The van der Waals surface area contributed by atoms with Gasteiger partial charge in [0.25, 0.3) is 0 Å². The number of halogens is 3. The predicted molar refractivity (Wildman–Crippen MR) is 66.6 cm³/mol. The van der Waals surface area contributed by atoms with Crippen LogP contribution >= 0.6 is 0 Å². The molecule has 0 amide bonds. The average molecular weight is 602 g/mol. The Kier molecular flexibility index (Phi) is 21.1. The van der Waals surface area contributed by atoms with Crippen LogP contribution in [0.4, 0.5) is 0 Å². The molecule has 3 rings (SSSR count). The molecule has 0 aromatic heterocycles. The zero-order valence-electron chi connectivity index (χ0n) is 15.7. The molecule has 0 saturated heterocycles. The smallest absolute Gasteiger partial charge is 0.222 e. The quantitative estimate of drug-likeness (QED) is 0.185. The third kappa shape index (κ3) is 48.6. The van der Waals surface area contributed by atoms with Gasteiger partial charge in [-0.15, -0.1) is 30.7 Å². The van der Waals surface area contributed by atoms with Gasteiger partial charge in [-0.05, 0) is 43.9 Å². The third-order valence-electron chi connectivity index (χ3n) is 3.09. The first-order chi connectivity index (χ1) is 13.4. The molecule has 0 heterocycles. The van der Waals surface area contributed by atoms with Gasteiger partial charge in [-0.1, -0.05) is 48.6 Å². The Bertz CT molecular complexity index is 452. The Balaban J connectivity index is -0.000000320. The average Bonchev–Trinajstić information content (AvgIpc) is 3.06. The maximum absolute atomic E-state index is 8.49. The molecule has 0 aromatic rings. The molecule has 16 heteroatoms. The minimum absolute atomic E-state index is 0. The van der Waals surface area contributed by atoms with Crippen molar-refractivity contribution in [2.24, 2.45) is 11.8 Å². The fourth-order valence-electron chi connectivity index (χ4n) is 2.18. The van der Waals surface area contributed by atoms with Crippen LogP contribution in [-0.4, -0.2) is 0 Å². The summed E-state index contributed by atoms with van der Waals surface area (Å²) in [5, 5.41) is 0. The molecule has 2 bridgehead atoms. The molecule has 12 nitrogen and oxygen atoms in total. The molecule has 182 valence electrons. The normalized spacial score (nSPS) is 22.8. The van der Waals surface area contributed by atoms with Gasteiger partial charge in [0.1, 0.15) is 0 Å². The first-order valence-corrected chi connectivity index (χ1v) is 11.7. The molecule has 0 spiro atoms. The molecule has 3 aliphatic carbocycles. The number of fused-ring (bicyclic) bond motifs is 2. The molecule has 0 atom stereocenters. The van der Waals surface area contributed by atoms with Gasteiger partial charge >= 0.3 is 19.5 Å². The summed E-state index contributed by atoms with van der Waals surface area (Å²) < 4.78 is 102. The van der Waals surface area contributed by atoms with Gasteiger partial charge in [0.2, 0.25) is 0 Å². The number of hydrogen-bond donors (Lipinski definition) is 0. The largest absolute Gasteiger partial charge is 3.00 e. The second kappa shape index (κ2) is 18.4. The van der Waals surface area contributed by atoms with Crippen molar-refractivity contribution in [2.45, 2.75) is 32.1 Å². The van der Waals surface area contributed by atoms with E-state index in [1.54, 1.807) is 0 Å². The number of rotatable bonds is 0. The van der Waals surface area contributed by atoms with Crippen LogP contribution in [0.25, 0.3) is 0 Å². The zero-order chi connectivity index (χ0) is 23.8. The molecule has 0 aromatic carbocycles. The molecule has 31 heavy (non-hydrogen) atoms. The molecule has 0 fully saturated rings. The van der Waals surface area contributed by atoms with E-state index in [1.165, 1.54) is 32.1 Å². The summed E-state index contributed by atoms with van der Waals surface area (Å²) in [5.74, 6) is 1.62. The maximum atomic E-state index is 8.49. The van der Waals surface area contributed by atoms with Crippen molar-refractivity contribution in [3.63, 3.8) is 0 Å². The fourth-order valence-corrected chi connectivity index (χ4v) is 2.18. The minimum atomic E-state index is -4.94. The van der Waals surface area contributed by atoms with Crippen LogP contribution in [0.5, 0.6) is 0 Å². The minimum Gasteiger partial charge on any atom is -0.222 e. The van der Waals surface area contributed by atoms with Gasteiger partial charge in [-0.2, -0.15) is 0 Å². The monoisotopic (exact) mass is 600 g/mol. The maximum Gasteiger partial charge on any atom is 3.00 e. The third-order valence-corrected chi connectivity index (χ3v) is 3.09. The zero-order valence-corrected chi connectivity index (χ0v) is 19.6. The Hall–Kier alpha value is -0.0266. The van der Waals surface area contributed by atoms with E-state index >= 15 is 0 Å². The van der Waals surface area contributed by atoms with Crippen molar-refractivity contribution in [2.75, 3.05) is 0 Å². The second-order valence-electron chi connectivity index (χ2n) is 5.56. The summed E-state index contributed by atoms with van der Waals surface area (Å²) >= 11 is 0. The van der Waals surface area contributed by atoms with Crippen molar-refractivity contribution >= 4 is 0 Å². The van der Waals surface area contributed by atoms with Gasteiger partial charge in [-0.3, -0.25) is 0 Å². The molecule has 0 radical (unpaired) electrons. The molecule has 0 unspecified atom stereocenters. The van der Waals surface area contributed by atoms with Crippen molar-refractivity contribution in [1.82, 2.24) is 0 Å². The van der Waals surface area contributed by atoms with Gasteiger partial charge in [0.15, 0.2) is 0 Å². The predicted octanol–water partition coefficient (Wildman–Crippen LogP) is -9.85. The molecular formula is C15H20Cl3O12Rh. The van der Waals surface area contributed by atoms with Gasteiger partial charge in [0.05, 0.1) is 0 Å².